The van der Waals surface area contributed by atoms with E-state index in [9.17, 15) is 0 Å². The molecule has 0 atom stereocenters. The van der Waals surface area contributed by atoms with Crippen molar-refractivity contribution in [2.75, 3.05) is 19.8 Å². The normalized spacial score (nSPS) is 11.3. The highest BCUT2D eigenvalue weighted by Crippen LogP contribution is 2.17. The summed E-state index contributed by atoms with van der Waals surface area (Å²) in [5, 5.41) is 3.41. The fourth-order valence-corrected chi connectivity index (χ4v) is 1.63. The number of hydrogen-bond acceptors (Lipinski definition) is 3. The zero-order valence-corrected chi connectivity index (χ0v) is 12.6. The van der Waals surface area contributed by atoms with E-state index in [1.807, 2.05) is 18.2 Å². The summed E-state index contributed by atoms with van der Waals surface area (Å²) in [7, 11) is 0. The van der Waals surface area contributed by atoms with Crippen molar-refractivity contribution in [3.8, 4) is 5.75 Å². The van der Waals surface area contributed by atoms with Crippen molar-refractivity contribution < 1.29 is 9.47 Å². The summed E-state index contributed by atoms with van der Waals surface area (Å²) in [6.45, 7) is 11.4. The molecule has 0 saturated heterocycles. The van der Waals surface area contributed by atoms with Crippen molar-refractivity contribution in [2.24, 2.45) is 5.92 Å². The van der Waals surface area contributed by atoms with Gasteiger partial charge in [-0.05, 0) is 12.0 Å². The van der Waals surface area contributed by atoms with Crippen LogP contribution in [0.2, 0.25) is 0 Å². The van der Waals surface area contributed by atoms with Gasteiger partial charge in [0.25, 0.3) is 0 Å². The van der Waals surface area contributed by atoms with E-state index in [4.69, 9.17) is 9.47 Å². The molecule has 1 N–H and O–H groups in total. The summed E-state index contributed by atoms with van der Waals surface area (Å²) in [5.41, 5.74) is 1.19. The quantitative estimate of drug-likeness (QED) is 0.695. The van der Waals surface area contributed by atoms with Crippen molar-refractivity contribution in [3.05, 3.63) is 29.8 Å². The summed E-state index contributed by atoms with van der Waals surface area (Å²) in [5.74, 6) is 1.52. The Kier molecular flexibility index (Phi) is 7.53. The Morgan fingerprint density at radius 3 is 2.47 bits per heavy atom. The number of rotatable bonds is 9. The highest BCUT2D eigenvalue weighted by Gasteiger charge is 2.03. The van der Waals surface area contributed by atoms with Gasteiger partial charge in [-0.25, -0.2) is 0 Å². The number of ether oxygens (including phenoxy) is 2. The molecular weight excluding hydrogens is 238 g/mol. The molecule has 0 aromatic heterocycles. The second-order valence-corrected chi connectivity index (χ2v) is 5.46. The average molecular weight is 265 g/mol. The lowest BCUT2D eigenvalue weighted by Gasteiger charge is -2.14. The summed E-state index contributed by atoms with van der Waals surface area (Å²) in [4.78, 5) is 0. The van der Waals surface area contributed by atoms with Crippen LogP contribution in [-0.4, -0.2) is 25.9 Å². The van der Waals surface area contributed by atoms with Crippen LogP contribution in [0.3, 0.4) is 0 Å². The van der Waals surface area contributed by atoms with Crippen molar-refractivity contribution in [1.29, 1.82) is 0 Å². The molecule has 1 rings (SSSR count). The zero-order chi connectivity index (χ0) is 14.1. The lowest BCUT2D eigenvalue weighted by molar-refractivity contribution is 0.0816. The minimum absolute atomic E-state index is 0.474. The lowest BCUT2D eigenvalue weighted by atomic mass is 10.2. The minimum Gasteiger partial charge on any atom is -0.491 e. The van der Waals surface area contributed by atoms with Gasteiger partial charge in [0.2, 0.25) is 0 Å². The van der Waals surface area contributed by atoms with Gasteiger partial charge in [0.1, 0.15) is 12.4 Å². The van der Waals surface area contributed by atoms with Crippen LogP contribution in [0.4, 0.5) is 0 Å². The Morgan fingerprint density at radius 2 is 1.79 bits per heavy atom. The number of hydrogen-bond donors (Lipinski definition) is 1. The highest BCUT2D eigenvalue weighted by molar-refractivity contribution is 5.33. The molecule has 0 radical (unpaired) electrons. The van der Waals surface area contributed by atoms with Crippen molar-refractivity contribution >= 4 is 0 Å². The van der Waals surface area contributed by atoms with Crippen LogP contribution in [0.5, 0.6) is 5.75 Å². The average Bonchev–Trinajstić information content (AvgIpc) is 2.36. The predicted octanol–water partition coefficient (Wildman–Crippen LogP) is 3.24. The molecule has 0 aliphatic heterocycles. The van der Waals surface area contributed by atoms with Crippen molar-refractivity contribution in [3.63, 3.8) is 0 Å². The first kappa shape index (κ1) is 16.0. The molecular formula is C16H27NO2. The SMILES string of the molecule is CC(C)COCCOc1ccccc1CNC(C)C. The topological polar surface area (TPSA) is 30.5 Å². The maximum Gasteiger partial charge on any atom is 0.123 e. The van der Waals surface area contributed by atoms with Crippen LogP contribution in [0.25, 0.3) is 0 Å². The van der Waals surface area contributed by atoms with Gasteiger partial charge in [0.15, 0.2) is 0 Å². The molecule has 0 fully saturated rings. The van der Waals surface area contributed by atoms with Gasteiger partial charge in [0, 0.05) is 24.8 Å². The predicted molar refractivity (Wildman–Crippen MR) is 79.6 cm³/mol. The standard InChI is InChI=1S/C16H27NO2/c1-13(2)12-18-9-10-19-16-8-6-5-7-15(16)11-17-14(3)4/h5-8,13-14,17H,9-12H2,1-4H3. The second-order valence-electron chi connectivity index (χ2n) is 5.46. The second kappa shape index (κ2) is 8.94. The molecule has 0 aliphatic rings. The summed E-state index contributed by atoms with van der Waals surface area (Å²) in [6.07, 6.45) is 0. The Labute approximate surface area is 117 Å². The fraction of sp³-hybridized carbons (Fsp3) is 0.625. The monoisotopic (exact) mass is 265 g/mol. The summed E-state index contributed by atoms with van der Waals surface area (Å²) in [6, 6.07) is 8.63. The summed E-state index contributed by atoms with van der Waals surface area (Å²) < 4.78 is 11.3. The third-order valence-corrected chi connectivity index (χ3v) is 2.61. The van der Waals surface area contributed by atoms with Crippen LogP contribution < -0.4 is 10.1 Å². The molecule has 1 aromatic rings. The summed E-state index contributed by atoms with van der Waals surface area (Å²) >= 11 is 0. The smallest absolute Gasteiger partial charge is 0.123 e. The van der Waals surface area contributed by atoms with Crippen LogP contribution in [0.15, 0.2) is 24.3 Å². The van der Waals surface area contributed by atoms with Gasteiger partial charge in [-0.2, -0.15) is 0 Å². The fourth-order valence-electron chi connectivity index (χ4n) is 1.63. The number of para-hydroxylation sites is 1. The molecule has 0 heterocycles. The van der Waals surface area contributed by atoms with E-state index < -0.39 is 0 Å². The number of benzene rings is 1. The van der Waals surface area contributed by atoms with Crippen LogP contribution in [0, 0.1) is 5.92 Å². The third kappa shape index (κ3) is 7.19. The van der Waals surface area contributed by atoms with Gasteiger partial charge >= 0.3 is 0 Å². The van der Waals surface area contributed by atoms with E-state index >= 15 is 0 Å². The first-order valence-corrected chi connectivity index (χ1v) is 7.11. The van der Waals surface area contributed by atoms with Gasteiger partial charge < -0.3 is 14.8 Å². The van der Waals surface area contributed by atoms with Gasteiger partial charge in [0.05, 0.1) is 6.61 Å². The molecule has 3 nitrogen and oxygen atoms in total. The van der Waals surface area contributed by atoms with Gasteiger partial charge in [-0.15, -0.1) is 0 Å². The molecule has 3 heteroatoms. The van der Waals surface area contributed by atoms with E-state index in [1.165, 1.54) is 5.56 Å². The molecule has 0 saturated carbocycles. The first-order chi connectivity index (χ1) is 9.09. The molecule has 0 unspecified atom stereocenters. The van der Waals surface area contributed by atoms with Crippen LogP contribution in [-0.2, 0) is 11.3 Å². The maximum atomic E-state index is 5.79. The Bertz CT molecular complexity index is 350. The molecule has 1 aromatic carbocycles. The van der Waals surface area contributed by atoms with Gasteiger partial charge in [-0.1, -0.05) is 45.9 Å². The van der Waals surface area contributed by atoms with E-state index in [-0.39, 0.29) is 0 Å². The van der Waals surface area contributed by atoms with Crippen molar-refractivity contribution in [1.82, 2.24) is 5.32 Å². The Hall–Kier alpha value is -1.06. The van der Waals surface area contributed by atoms with E-state index in [2.05, 4.69) is 39.1 Å². The minimum atomic E-state index is 0.474. The number of nitrogens with one attached hydrogen (secondary N) is 1. The molecule has 0 aliphatic carbocycles. The van der Waals surface area contributed by atoms with Crippen LogP contribution >= 0.6 is 0 Å². The van der Waals surface area contributed by atoms with Gasteiger partial charge in [-0.3, -0.25) is 0 Å². The lowest BCUT2D eigenvalue weighted by Crippen LogP contribution is -2.22. The first-order valence-electron chi connectivity index (χ1n) is 7.11. The Morgan fingerprint density at radius 1 is 1.05 bits per heavy atom. The van der Waals surface area contributed by atoms with Crippen LogP contribution in [0.1, 0.15) is 33.3 Å². The third-order valence-electron chi connectivity index (χ3n) is 2.61. The molecule has 108 valence electrons. The van der Waals surface area contributed by atoms with E-state index in [0.717, 1.165) is 18.9 Å². The zero-order valence-electron chi connectivity index (χ0n) is 12.6. The Balaban J connectivity index is 2.35. The van der Waals surface area contributed by atoms with E-state index in [1.54, 1.807) is 0 Å². The molecule has 0 spiro atoms. The molecule has 0 amide bonds. The van der Waals surface area contributed by atoms with Crippen molar-refractivity contribution in [2.45, 2.75) is 40.3 Å². The largest absolute Gasteiger partial charge is 0.491 e. The van der Waals surface area contributed by atoms with E-state index in [0.29, 0.717) is 25.2 Å². The molecule has 19 heavy (non-hydrogen) atoms. The highest BCUT2D eigenvalue weighted by atomic mass is 16.5. The maximum absolute atomic E-state index is 5.79. The molecule has 0 bridgehead atoms.